The first-order chi connectivity index (χ1) is 12.3. The summed E-state index contributed by atoms with van der Waals surface area (Å²) < 4.78 is 0. The fourth-order valence-corrected chi connectivity index (χ4v) is 4.81. The lowest BCUT2D eigenvalue weighted by Crippen LogP contribution is -2.32. The Morgan fingerprint density at radius 3 is 2.52 bits per heavy atom. The first-order valence-electron chi connectivity index (χ1n) is 9.10. The predicted octanol–water partition coefficient (Wildman–Crippen LogP) is 3.62. The second kappa shape index (κ2) is 7.63. The van der Waals surface area contributed by atoms with Gasteiger partial charge in [-0.1, -0.05) is 42.5 Å². The van der Waals surface area contributed by atoms with Crippen molar-refractivity contribution >= 4 is 17.7 Å². The maximum absolute atomic E-state index is 12.4. The highest BCUT2D eigenvalue weighted by Crippen LogP contribution is 2.36. The summed E-state index contributed by atoms with van der Waals surface area (Å²) in [5.41, 5.74) is 3.82. The molecule has 2 aromatic carbocycles. The van der Waals surface area contributed by atoms with Gasteiger partial charge in [-0.25, -0.2) is 0 Å². The van der Waals surface area contributed by atoms with E-state index in [-0.39, 0.29) is 11.2 Å². The van der Waals surface area contributed by atoms with E-state index in [0.29, 0.717) is 6.54 Å². The second-order valence-electron chi connectivity index (χ2n) is 6.94. The minimum Gasteiger partial charge on any atom is -0.351 e. The van der Waals surface area contributed by atoms with E-state index in [1.165, 1.54) is 47.5 Å². The zero-order valence-corrected chi connectivity index (χ0v) is 15.2. The Labute approximate surface area is 153 Å². The average Bonchev–Trinajstić information content (AvgIpc) is 3.30. The van der Waals surface area contributed by atoms with Crippen molar-refractivity contribution in [1.29, 1.82) is 0 Å². The number of hydrogen-bond donors (Lipinski definition) is 1. The van der Waals surface area contributed by atoms with Gasteiger partial charge in [0.2, 0.25) is 5.91 Å². The van der Waals surface area contributed by atoms with Gasteiger partial charge in [-0.15, -0.1) is 11.8 Å². The largest absolute Gasteiger partial charge is 0.351 e. The zero-order valence-electron chi connectivity index (χ0n) is 14.4. The van der Waals surface area contributed by atoms with Crippen LogP contribution in [-0.4, -0.2) is 29.1 Å². The number of amides is 1. The summed E-state index contributed by atoms with van der Waals surface area (Å²) >= 11 is 1.68. The number of nitrogens with zero attached hydrogens (tertiary/aromatic N) is 1. The minimum atomic E-state index is 0.00633. The number of fused-ring (bicyclic) bond motifs is 1. The number of carbonyl (C=O) groups excluding carboxylic acids is 1. The van der Waals surface area contributed by atoms with Crippen LogP contribution in [0.2, 0.25) is 0 Å². The molecule has 130 valence electrons. The van der Waals surface area contributed by atoms with Gasteiger partial charge in [-0.2, -0.15) is 0 Å². The molecule has 0 saturated carbocycles. The third kappa shape index (κ3) is 4.07. The van der Waals surface area contributed by atoms with Crippen molar-refractivity contribution in [3.63, 3.8) is 0 Å². The van der Waals surface area contributed by atoms with Crippen molar-refractivity contribution in [3.8, 4) is 0 Å². The maximum atomic E-state index is 12.4. The molecule has 1 saturated heterocycles. The Hall–Kier alpha value is -1.78. The van der Waals surface area contributed by atoms with Gasteiger partial charge in [-0.05, 0) is 55.1 Å². The van der Waals surface area contributed by atoms with E-state index in [2.05, 4.69) is 46.6 Å². The average molecular weight is 353 g/mol. The van der Waals surface area contributed by atoms with E-state index in [1.807, 2.05) is 12.1 Å². The smallest absolute Gasteiger partial charge is 0.234 e. The van der Waals surface area contributed by atoms with Gasteiger partial charge in [0.05, 0.1) is 5.25 Å². The van der Waals surface area contributed by atoms with Gasteiger partial charge < -0.3 is 5.32 Å². The molecule has 3 nitrogen and oxygen atoms in total. The standard InChI is InChI=1S/C21H24N2OS/c24-21(20-13-18-5-1-2-6-19(18)25-20)22-14-16-7-9-17(10-8-16)15-23-11-3-4-12-23/h1-2,5-10,20H,3-4,11-15H2,(H,22,24)/t20-/m0/s1. The lowest BCUT2D eigenvalue weighted by Gasteiger charge is -2.15. The number of hydrogen-bond acceptors (Lipinski definition) is 3. The number of carbonyl (C=O) groups is 1. The highest BCUT2D eigenvalue weighted by molar-refractivity contribution is 8.01. The van der Waals surface area contributed by atoms with Crippen molar-refractivity contribution in [1.82, 2.24) is 10.2 Å². The monoisotopic (exact) mass is 352 g/mol. The van der Waals surface area contributed by atoms with Crippen molar-refractivity contribution in [2.45, 2.75) is 42.5 Å². The van der Waals surface area contributed by atoms with E-state index >= 15 is 0 Å². The summed E-state index contributed by atoms with van der Waals surface area (Å²) in [4.78, 5) is 16.2. The van der Waals surface area contributed by atoms with Crippen molar-refractivity contribution in [3.05, 3.63) is 65.2 Å². The summed E-state index contributed by atoms with van der Waals surface area (Å²) in [5.74, 6) is 0.141. The van der Waals surface area contributed by atoms with Crippen LogP contribution in [0.15, 0.2) is 53.4 Å². The molecular formula is C21H24N2OS. The zero-order chi connectivity index (χ0) is 17.1. The Balaban J connectivity index is 1.27. The molecule has 2 heterocycles. The Morgan fingerprint density at radius 2 is 1.76 bits per heavy atom. The van der Waals surface area contributed by atoms with Gasteiger partial charge in [0.25, 0.3) is 0 Å². The molecule has 0 unspecified atom stereocenters. The Bertz CT molecular complexity index is 713. The molecule has 1 N–H and O–H groups in total. The van der Waals surface area contributed by atoms with Crippen LogP contribution in [0.3, 0.4) is 0 Å². The van der Waals surface area contributed by atoms with Crippen LogP contribution < -0.4 is 5.32 Å². The first kappa shape index (κ1) is 16.7. The second-order valence-corrected chi connectivity index (χ2v) is 8.18. The molecule has 1 fully saturated rings. The van der Waals surface area contributed by atoms with E-state index in [9.17, 15) is 4.79 Å². The summed E-state index contributed by atoms with van der Waals surface area (Å²) in [6.45, 7) is 4.10. The molecule has 0 aliphatic carbocycles. The molecular weight excluding hydrogens is 328 g/mol. The molecule has 2 aliphatic heterocycles. The van der Waals surface area contributed by atoms with E-state index in [4.69, 9.17) is 0 Å². The molecule has 0 aromatic heterocycles. The van der Waals surface area contributed by atoms with E-state index in [0.717, 1.165) is 13.0 Å². The number of thioether (sulfide) groups is 1. The maximum Gasteiger partial charge on any atom is 0.234 e. The molecule has 0 spiro atoms. The summed E-state index contributed by atoms with van der Waals surface area (Å²) in [7, 11) is 0. The molecule has 4 heteroatoms. The highest BCUT2D eigenvalue weighted by Gasteiger charge is 2.27. The highest BCUT2D eigenvalue weighted by atomic mass is 32.2. The van der Waals surface area contributed by atoms with Gasteiger partial charge in [0.1, 0.15) is 0 Å². The quantitative estimate of drug-likeness (QED) is 0.892. The number of likely N-dealkylation sites (tertiary alicyclic amines) is 1. The SMILES string of the molecule is O=C(NCc1ccc(CN2CCCC2)cc1)[C@@H]1Cc2ccccc2S1. The lowest BCUT2D eigenvalue weighted by atomic mass is 10.1. The van der Waals surface area contributed by atoms with Gasteiger partial charge >= 0.3 is 0 Å². The summed E-state index contributed by atoms with van der Waals surface area (Å²) in [6, 6.07) is 17.0. The first-order valence-corrected chi connectivity index (χ1v) is 9.98. The molecule has 0 bridgehead atoms. The van der Waals surface area contributed by atoms with Crippen LogP contribution in [0, 0.1) is 0 Å². The van der Waals surface area contributed by atoms with Crippen LogP contribution in [0.5, 0.6) is 0 Å². The molecule has 25 heavy (non-hydrogen) atoms. The minimum absolute atomic E-state index is 0.00633. The van der Waals surface area contributed by atoms with Gasteiger partial charge in [-0.3, -0.25) is 9.69 Å². The summed E-state index contributed by atoms with van der Waals surface area (Å²) in [6.07, 6.45) is 3.49. The number of benzene rings is 2. The van der Waals surface area contributed by atoms with Crippen LogP contribution in [-0.2, 0) is 24.3 Å². The van der Waals surface area contributed by atoms with Crippen molar-refractivity contribution < 1.29 is 4.79 Å². The third-order valence-corrected chi connectivity index (χ3v) is 6.35. The predicted molar refractivity (Wildman–Crippen MR) is 103 cm³/mol. The van der Waals surface area contributed by atoms with Gasteiger partial charge in [0, 0.05) is 18.0 Å². The Morgan fingerprint density at radius 1 is 1.04 bits per heavy atom. The van der Waals surface area contributed by atoms with E-state index in [1.54, 1.807) is 11.8 Å². The number of nitrogens with one attached hydrogen (secondary N) is 1. The molecule has 0 radical (unpaired) electrons. The normalized spacial score (nSPS) is 19.8. The molecule has 4 rings (SSSR count). The molecule has 2 aliphatic rings. The molecule has 2 aromatic rings. The third-order valence-electron chi connectivity index (χ3n) is 5.03. The topological polar surface area (TPSA) is 32.3 Å². The molecule has 1 atom stereocenters. The molecule has 1 amide bonds. The van der Waals surface area contributed by atoms with Crippen molar-refractivity contribution in [2.75, 3.05) is 13.1 Å². The van der Waals surface area contributed by atoms with Crippen LogP contribution in [0.25, 0.3) is 0 Å². The summed E-state index contributed by atoms with van der Waals surface area (Å²) in [5, 5.41) is 3.10. The van der Waals surface area contributed by atoms with E-state index < -0.39 is 0 Å². The lowest BCUT2D eigenvalue weighted by molar-refractivity contribution is -0.120. The van der Waals surface area contributed by atoms with Crippen molar-refractivity contribution in [2.24, 2.45) is 0 Å². The Kier molecular flexibility index (Phi) is 5.09. The van der Waals surface area contributed by atoms with Gasteiger partial charge in [0.15, 0.2) is 0 Å². The van der Waals surface area contributed by atoms with Crippen LogP contribution >= 0.6 is 11.8 Å². The fourth-order valence-electron chi connectivity index (χ4n) is 3.59. The van der Waals surface area contributed by atoms with Crippen LogP contribution in [0.4, 0.5) is 0 Å². The fraction of sp³-hybridized carbons (Fsp3) is 0.381. The van der Waals surface area contributed by atoms with Crippen LogP contribution in [0.1, 0.15) is 29.5 Å². The number of rotatable bonds is 5.